The molecule has 0 unspecified atom stereocenters. The maximum Gasteiger partial charge on any atom is 0.0465 e. The Labute approximate surface area is 79.7 Å². The lowest BCUT2D eigenvalue weighted by Crippen LogP contribution is -1.80. The van der Waals surface area contributed by atoms with Crippen molar-refractivity contribution in [2.24, 2.45) is 0 Å². The Morgan fingerprint density at radius 2 is 1.77 bits per heavy atom. The molecule has 0 aliphatic heterocycles. The average molecular weight is 176 g/mol. The quantitative estimate of drug-likeness (QED) is 0.750. The van der Waals surface area contributed by atoms with Crippen molar-refractivity contribution in [3.63, 3.8) is 0 Å². The van der Waals surface area contributed by atoms with E-state index in [0.717, 1.165) is 6.42 Å². The lowest BCUT2D eigenvalue weighted by Gasteiger charge is -1.99. The van der Waals surface area contributed by atoms with Crippen LogP contribution in [-0.2, 0) is 0 Å². The van der Waals surface area contributed by atoms with E-state index in [9.17, 15) is 0 Å². The first-order valence-corrected chi connectivity index (χ1v) is 4.58. The van der Waals surface area contributed by atoms with Gasteiger partial charge in [0.15, 0.2) is 0 Å². The molecule has 1 aromatic carbocycles. The molecule has 1 rings (SSSR count). The van der Waals surface area contributed by atoms with Crippen LogP contribution >= 0.6 is 0 Å². The Balaban J connectivity index is 2.77. The minimum Gasteiger partial charge on any atom is -0.396 e. The second-order valence-electron chi connectivity index (χ2n) is 3.34. The van der Waals surface area contributed by atoms with Crippen LogP contribution in [0, 0.1) is 13.8 Å². The fourth-order valence-electron chi connectivity index (χ4n) is 1.40. The molecule has 0 fully saturated rings. The number of rotatable bonds is 3. The van der Waals surface area contributed by atoms with Crippen LogP contribution in [0.1, 0.15) is 23.1 Å². The smallest absolute Gasteiger partial charge is 0.0465 e. The second-order valence-corrected chi connectivity index (χ2v) is 3.34. The van der Waals surface area contributed by atoms with E-state index < -0.39 is 0 Å². The van der Waals surface area contributed by atoms with Crippen LogP contribution in [0.3, 0.4) is 0 Å². The maximum atomic E-state index is 8.60. The number of benzene rings is 1. The van der Waals surface area contributed by atoms with Gasteiger partial charge >= 0.3 is 0 Å². The Bertz CT molecular complexity index is 280. The van der Waals surface area contributed by atoms with Gasteiger partial charge in [-0.15, -0.1) is 0 Å². The largest absolute Gasteiger partial charge is 0.396 e. The molecular weight excluding hydrogens is 160 g/mol. The summed E-state index contributed by atoms with van der Waals surface area (Å²) >= 11 is 0. The zero-order valence-corrected chi connectivity index (χ0v) is 8.25. The lowest BCUT2D eigenvalue weighted by molar-refractivity contribution is 0.303. The van der Waals surface area contributed by atoms with E-state index in [1.165, 1.54) is 16.7 Å². The summed E-state index contributed by atoms with van der Waals surface area (Å²) in [6.45, 7) is 4.41. The van der Waals surface area contributed by atoms with Crippen LogP contribution in [0.25, 0.3) is 6.08 Å². The standard InChI is InChI=1S/C12H16O/c1-10-7-11(2)9-12(8-10)5-3-4-6-13/h3,5,7-9,13H,4,6H2,1-2H3. The predicted molar refractivity (Wildman–Crippen MR) is 56.7 cm³/mol. The van der Waals surface area contributed by atoms with Gasteiger partial charge < -0.3 is 5.11 Å². The van der Waals surface area contributed by atoms with Gasteiger partial charge in [-0.05, 0) is 25.8 Å². The highest BCUT2D eigenvalue weighted by molar-refractivity contribution is 5.51. The van der Waals surface area contributed by atoms with Gasteiger partial charge in [-0.1, -0.05) is 41.5 Å². The Morgan fingerprint density at radius 1 is 1.15 bits per heavy atom. The zero-order valence-electron chi connectivity index (χ0n) is 8.25. The minimum atomic E-state index is 0.224. The highest BCUT2D eigenvalue weighted by Gasteiger charge is 1.90. The molecule has 13 heavy (non-hydrogen) atoms. The molecule has 1 heteroatoms. The van der Waals surface area contributed by atoms with Crippen molar-refractivity contribution in [2.75, 3.05) is 6.61 Å². The SMILES string of the molecule is Cc1cc(C)cc(C=CCCO)c1. The Hall–Kier alpha value is -1.08. The van der Waals surface area contributed by atoms with E-state index in [-0.39, 0.29) is 6.61 Å². The van der Waals surface area contributed by atoms with Crippen LogP contribution in [0.4, 0.5) is 0 Å². The minimum absolute atomic E-state index is 0.224. The van der Waals surface area contributed by atoms with Gasteiger partial charge in [0.2, 0.25) is 0 Å². The summed E-state index contributed by atoms with van der Waals surface area (Å²) in [5.74, 6) is 0. The normalized spacial score (nSPS) is 11.0. The summed E-state index contributed by atoms with van der Waals surface area (Å²) < 4.78 is 0. The van der Waals surface area contributed by atoms with Crippen molar-refractivity contribution in [2.45, 2.75) is 20.3 Å². The Kier molecular flexibility index (Phi) is 3.71. The molecule has 1 aromatic rings. The number of aliphatic hydroxyl groups excluding tert-OH is 1. The number of hydrogen-bond donors (Lipinski definition) is 1. The summed E-state index contributed by atoms with van der Waals surface area (Å²) in [4.78, 5) is 0. The van der Waals surface area contributed by atoms with E-state index >= 15 is 0 Å². The topological polar surface area (TPSA) is 20.2 Å². The fraction of sp³-hybridized carbons (Fsp3) is 0.333. The van der Waals surface area contributed by atoms with Gasteiger partial charge in [0, 0.05) is 6.61 Å². The molecule has 0 aliphatic carbocycles. The Morgan fingerprint density at radius 3 is 2.31 bits per heavy atom. The molecule has 0 aliphatic rings. The van der Waals surface area contributed by atoms with Crippen molar-refractivity contribution in [1.82, 2.24) is 0 Å². The van der Waals surface area contributed by atoms with Crippen LogP contribution in [0.5, 0.6) is 0 Å². The average Bonchev–Trinajstić information content (AvgIpc) is 2.03. The highest BCUT2D eigenvalue weighted by atomic mass is 16.2. The molecule has 0 amide bonds. The highest BCUT2D eigenvalue weighted by Crippen LogP contribution is 2.10. The van der Waals surface area contributed by atoms with Gasteiger partial charge in [0.05, 0.1) is 0 Å². The summed E-state index contributed by atoms with van der Waals surface area (Å²) in [5.41, 5.74) is 3.78. The molecule has 0 bridgehead atoms. The first-order valence-electron chi connectivity index (χ1n) is 4.58. The molecule has 0 heterocycles. The first kappa shape index (κ1) is 10.0. The summed E-state index contributed by atoms with van der Waals surface area (Å²) in [5, 5.41) is 8.60. The molecule has 0 saturated heterocycles. The molecule has 0 saturated carbocycles. The summed E-state index contributed by atoms with van der Waals surface area (Å²) in [6, 6.07) is 6.44. The van der Waals surface area contributed by atoms with Gasteiger partial charge in [-0.2, -0.15) is 0 Å². The van der Waals surface area contributed by atoms with E-state index in [4.69, 9.17) is 5.11 Å². The van der Waals surface area contributed by atoms with Crippen molar-refractivity contribution in [1.29, 1.82) is 0 Å². The van der Waals surface area contributed by atoms with Crippen molar-refractivity contribution < 1.29 is 5.11 Å². The number of hydrogen-bond acceptors (Lipinski definition) is 1. The van der Waals surface area contributed by atoms with E-state index in [1.54, 1.807) is 0 Å². The van der Waals surface area contributed by atoms with Crippen LogP contribution in [0.2, 0.25) is 0 Å². The van der Waals surface area contributed by atoms with E-state index in [0.29, 0.717) is 0 Å². The van der Waals surface area contributed by atoms with Gasteiger partial charge in [-0.25, -0.2) is 0 Å². The molecule has 1 N–H and O–H groups in total. The summed E-state index contributed by atoms with van der Waals surface area (Å²) in [6.07, 6.45) is 4.78. The molecule has 0 radical (unpaired) electrons. The van der Waals surface area contributed by atoms with E-state index in [1.807, 2.05) is 6.08 Å². The molecule has 70 valence electrons. The summed E-state index contributed by atoms with van der Waals surface area (Å²) in [7, 11) is 0. The number of aryl methyl sites for hydroxylation is 2. The van der Waals surface area contributed by atoms with Gasteiger partial charge in [0.1, 0.15) is 0 Å². The number of aliphatic hydroxyl groups is 1. The molecule has 1 nitrogen and oxygen atoms in total. The molecular formula is C12H16O. The van der Waals surface area contributed by atoms with Gasteiger partial charge in [0.25, 0.3) is 0 Å². The van der Waals surface area contributed by atoms with Crippen molar-refractivity contribution >= 4 is 6.08 Å². The van der Waals surface area contributed by atoms with Gasteiger partial charge in [-0.3, -0.25) is 0 Å². The second kappa shape index (κ2) is 4.83. The zero-order chi connectivity index (χ0) is 9.68. The van der Waals surface area contributed by atoms with Crippen LogP contribution in [-0.4, -0.2) is 11.7 Å². The third-order valence-electron chi connectivity index (χ3n) is 1.85. The molecule has 0 spiro atoms. The van der Waals surface area contributed by atoms with Crippen molar-refractivity contribution in [3.8, 4) is 0 Å². The van der Waals surface area contributed by atoms with Crippen molar-refractivity contribution in [3.05, 3.63) is 41.0 Å². The third kappa shape index (κ3) is 3.43. The lowest BCUT2D eigenvalue weighted by atomic mass is 10.1. The first-order chi connectivity index (χ1) is 6.22. The van der Waals surface area contributed by atoms with Crippen LogP contribution < -0.4 is 0 Å². The monoisotopic (exact) mass is 176 g/mol. The molecule has 0 aromatic heterocycles. The maximum absolute atomic E-state index is 8.60. The van der Waals surface area contributed by atoms with Crippen LogP contribution in [0.15, 0.2) is 24.3 Å². The molecule has 0 atom stereocenters. The predicted octanol–water partition coefficient (Wildman–Crippen LogP) is 2.70. The fourth-order valence-corrected chi connectivity index (χ4v) is 1.40. The third-order valence-corrected chi connectivity index (χ3v) is 1.85. The van der Waals surface area contributed by atoms with E-state index in [2.05, 4.69) is 38.1 Å².